The van der Waals surface area contributed by atoms with Crippen LogP contribution < -0.4 is 5.32 Å². The molecule has 0 bridgehead atoms. The van der Waals surface area contributed by atoms with Crippen LogP contribution in [-0.4, -0.2) is 42.5 Å². The number of nitrogens with one attached hydrogen (secondary N) is 1. The number of ether oxygens (including phenoxy) is 1. The topological polar surface area (TPSA) is 58.6 Å². The van der Waals surface area contributed by atoms with Crippen molar-refractivity contribution in [3.05, 3.63) is 64.2 Å². The fourth-order valence-corrected chi connectivity index (χ4v) is 4.56. The van der Waals surface area contributed by atoms with Gasteiger partial charge in [0.15, 0.2) is 0 Å². The molecule has 4 rings (SSSR count). The Morgan fingerprint density at radius 2 is 1.94 bits per heavy atom. The highest BCUT2D eigenvalue weighted by molar-refractivity contribution is 5.95. The molecule has 1 saturated heterocycles. The van der Waals surface area contributed by atoms with Crippen LogP contribution in [0.15, 0.2) is 36.4 Å². The van der Waals surface area contributed by atoms with Crippen molar-refractivity contribution in [1.29, 1.82) is 0 Å². The summed E-state index contributed by atoms with van der Waals surface area (Å²) in [4.78, 5) is 27.7. The van der Waals surface area contributed by atoms with Gasteiger partial charge < -0.3 is 15.0 Å². The number of fused-ring (bicyclic) bond motifs is 1. The van der Waals surface area contributed by atoms with Crippen LogP contribution in [0.1, 0.15) is 47.1 Å². The molecule has 0 spiro atoms. The summed E-state index contributed by atoms with van der Waals surface area (Å²) in [6.07, 6.45) is 5.68. The third kappa shape index (κ3) is 5.34. The molecule has 164 valence electrons. The Balaban J connectivity index is 1.44. The smallest absolute Gasteiger partial charge is 0.244 e. The quantitative estimate of drug-likeness (QED) is 0.737. The molecule has 1 heterocycles. The van der Waals surface area contributed by atoms with Gasteiger partial charge in [0.1, 0.15) is 0 Å². The zero-order valence-electron chi connectivity index (χ0n) is 18.6. The Morgan fingerprint density at radius 3 is 2.74 bits per heavy atom. The molecule has 1 atom stereocenters. The number of amides is 2. The van der Waals surface area contributed by atoms with E-state index in [1.165, 1.54) is 17.5 Å². The molecule has 1 N–H and O–H groups in total. The van der Waals surface area contributed by atoms with E-state index in [2.05, 4.69) is 23.5 Å². The lowest BCUT2D eigenvalue weighted by Crippen LogP contribution is -2.43. The van der Waals surface area contributed by atoms with E-state index in [9.17, 15) is 9.59 Å². The highest BCUT2D eigenvalue weighted by atomic mass is 16.5. The maximum atomic E-state index is 13.2. The van der Waals surface area contributed by atoms with Crippen LogP contribution in [0.5, 0.6) is 0 Å². The molecule has 5 heteroatoms. The van der Waals surface area contributed by atoms with Gasteiger partial charge in [-0.1, -0.05) is 30.3 Å². The van der Waals surface area contributed by atoms with E-state index in [1.807, 2.05) is 32.0 Å². The normalized spacial score (nSPS) is 17.4. The number of aryl methyl sites for hydroxylation is 3. The Bertz CT molecular complexity index is 963. The highest BCUT2D eigenvalue weighted by Crippen LogP contribution is 2.24. The third-order valence-corrected chi connectivity index (χ3v) is 6.53. The van der Waals surface area contributed by atoms with E-state index < -0.39 is 0 Å². The van der Waals surface area contributed by atoms with Gasteiger partial charge in [0, 0.05) is 18.8 Å². The zero-order valence-corrected chi connectivity index (χ0v) is 18.6. The second-order valence-corrected chi connectivity index (χ2v) is 8.84. The van der Waals surface area contributed by atoms with Crippen molar-refractivity contribution in [2.45, 2.75) is 58.5 Å². The van der Waals surface area contributed by atoms with Crippen molar-refractivity contribution in [2.75, 3.05) is 25.0 Å². The lowest BCUT2D eigenvalue weighted by Gasteiger charge is -2.25. The second-order valence-electron chi connectivity index (χ2n) is 8.84. The van der Waals surface area contributed by atoms with E-state index in [4.69, 9.17) is 4.74 Å². The van der Waals surface area contributed by atoms with Gasteiger partial charge in [-0.3, -0.25) is 9.59 Å². The van der Waals surface area contributed by atoms with Gasteiger partial charge in [0.2, 0.25) is 11.8 Å². The Morgan fingerprint density at radius 1 is 1.10 bits per heavy atom. The van der Waals surface area contributed by atoms with Gasteiger partial charge in [0.05, 0.1) is 19.1 Å². The van der Waals surface area contributed by atoms with Crippen LogP contribution in [0.2, 0.25) is 0 Å². The monoisotopic (exact) mass is 420 g/mol. The van der Waals surface area contributed by atoms with E-state index in [-0.39, 0.29) is 24.5 Å². The molecular formula is C26H32N2O3. The first-order valence-corrected chi connectivity index (χ1v) is 11.4. The molecule has 2 aromatic rings. The highest BCUT2D eigenvalue weighted by Gasteiger charge is 2.25. The number of anilines is 1. The maximum Gasteiger partial charge on any atom is 0.244 e. The lowest BCUT2D eigenvalue weighted by atomic mass is 10.0. The summed E-state index contributed by atoms with van der Waals surface area (Å²) in [7, 11) is 0. The van der Waals surface area contributed by atoms with Crippen molar-refractivity contribution in [1.82, 2.24) is 4.90 Å². The first-order valence-electron chi connectivity index (χ1n) is 11.4. The van der Waals surface area contributed by atoms with Crippen LogP contribution in [0.3, 0.4) is 0 Å². The van der Waals surface area contributed by atoms with Gasteiger partial charge >= 0.3 is 0 Å². The van der Waals surface area contributed by atoms with E-state index in [0.29, 0.717) is 13.0 Å². The predicted octanol–water partition coefficient (Wildman–Crippen LogP) is 3.98. The molecule has 1 fully saturated rings. The Hall–Kier alpha value is -2.66. The minimum absolute atomic E-state index is 0.0116. The summed E-state index contributed by atoms with van der Waals surface area (Å²) < 4.78 is 5.75. The van der Waals surface area contributed by atoms with Crippen LogP contribution in [-0.2, 0) is 33.6 Å². The van der Waals surface area contributed by atoms with E-state index in [0.717, 1.165) is 54.7 Å². The largest absolute Gasteiger partial charge is 0.376 e. The van der Waals surface area contributed by atoms with Crippen LogP contribution in [0, 0.1) is 13.8 Å². The van der Waals surface area contributed by atoms with Crippen LogP contribution in [0.4, 0.5) is 5.69 Å². The molecule has 0 saturated carbocycles. The van der Waals surface area contributed by atoms with E-state index in [1.54, 1.807) is 4.90 Å². The third-order valence-electron chi connectivity index (χ3n) is 6.53. The maximum absolute atomic E-state index is 13.2. The Kier molecular flexibility index (Phi) is 6.71. The zero-order chi connectivity index (χ0) is 21.8. The second kappa shape index (κ2) is 9.65. The summed E-state index contributed by atoms with van der Waals surface area (Å²) in [5.74, 6) is -0.196. The number of hydrogen-bond donors (Lipinski definition) is 1. The molecule has 2 aliphatic rings. The average molecular weight is 421 g/mol. The van der Waals surface area contributed by atoms with Gasteiger partial charge in [-0.25, -0.2) is 0 Å². The number of carbonyl (C=O) groups is 2. The summed E-state index contributed by atoms with van der Waals surface area (Å²) in [6.45, 7) is 5.25. The van der Waals surface area contributed by atoms with Crippen LogP contribution >= 0.6 is 0 Å². The molecule has 2 aromatic carbocycles. The fraction of sp³-hybridized carbons (Fsp3) is 0.462. The molecule has 1 aliphatic carbocycles. The van der Waals surface area contributed by atoms with Crippen molar-refractivity contribution in [3.8, 4) is 0 Å². The summed E-state index contributed by atoms with van der Waals surface area (Å²) in [5, 5.41) is 2.99. The van der Waals surface area contributed by atoms with Gasteiger partial charge in [-0.15, -0.1) is 0 Å². The molecule has 0 aromatic heterocycles. The fourth-order valence-electron chi connectivity index (χ4n) is 4.56. The molecule has 1 unspecified atom stereocenters. The molecule has 31 heavy (non-hydrogen) atoms. The number of nitrogens with zero attached hydrogens (tertiary/aromatic N) is 1. The minimum atomic E-state index is -0.172. The number of hydrogen-bond acceptors (Lipinski definition) is 3. The SMILES string of the molecule is Cc1cccc(NC(=O)CN(CC2CCCO2)C(=O)Cc2ccc3c(c2)CCC3)c1C. The minimum Gasteiger partial charge on any atom is -0.376 e. The van der Waals surface area contributed by atoms with Crippen molar-refractivity contribution in [2.24, 2.45) is 0 Å². The molecule has 0 radical (unpaired) electrons. The number of benzene rings is 2. The molecular weight excluding hydrogens is 388 g/mol. The lowest BCUT2D eigenvalue weighted by molar-refractivity contribution is -0.135. The molecule has 1 aliphatic heterocycles. The summed E-state index contributed by atoms with van der Waals surface area (Å²) in [5.41, 5.74) is 6.77. The van der Waals surface area contributed by atoms with Crippen molar-refractivity contribution in [3.63, 3.8) is 0 Å². The standard InChI is InChI=1S/C26H32N2O3/c1-18-6-3-10-24(19(18)2)27-25(29)17-28(16-23-9-5-13-31-23)26(30)15-20-11-12-21-7-4-8-22(21)14-20/h3,6,10-12,14,23H,4-5,7-9,13,15-17H2,1-2H3,(H,27,29). The number of rotatable bonds is 7. The van der Waals surface area contributed by atoms with E-state index >= 15 is 0 Å². The summed E-state index contributed by atoms with van der Waals surface area (Å²) in [6, 6.07) is 12.2. The van der Waals surface area contributed by atoms with Gasteiger partial charge in [-0.2, -0.15) is 0 Å². The number of carbonyl (C=O) groups excluding carboxylic acids is 2. The molecule has 2 amide bonds. The average Bonchev–Trinajstić information content (AvgIpc) is 3.42. The summed E-state index contributed by atoms with van der Waals surface area (Å²) >= 11 is 0. The first-order chi connectivity index (χ1) is 15.0. The first kappa shape index (κ1) is 21.6. The Labute approximate surface area is 184 Å². The van der Waals surface area contributed by atoms with Gasteiger partial charge in [0.25, 0.3) is 0 Å². The van der Waals surface area contributed by atoms with Crippen molar-refractivity contribution < 1.29 is 14.3 Å². The van der Waals surface area contributed by atoms with Crippen molar-refractivity contribution >= 4 is 17.5 Å². The molecule has 5 nitrogen and oxygen atoms in total. The van der Waals surface area contributed by atoms with Crippen LogP contribution in [0.25, 0.3) is 0 Å². The predicted molar refractivity (Wildman–Crippen MR) is 122 cm³/mol. The van der Waals surface area contributed by atoms with Gasteiger partial charge in [-0.05, 0) is 79.8 Å².